The van der Waals surface area contributed by atoms with Crippen LogP contribution in [0.3, 0.4) is 0 Å². The van der Waals surface area contributed by atoms with Crippen LogP contribution in [0.2, 0.25) is 25.7 Å². The molecule has 0 atom stereocenters. The van der Waals surface area contributed by atoms with E-state index in [-0.39, 0.29) is 13.3 Å². The Morgan fingerprint density at radius 3 is 2.52 bits per heavy atom. The molecule has 0 spiro atoms. The Bertz CT molecular complexity index is 968. The smallest absolute Gasteiger partial charge is 0.332 e. The van der Waals surface area contributed by atoms with Crippen molar-refractivity contribution in [2.24, 2.45) is 7.05 Å². The summed E-state index contributed by atoms with van der Waals surface area (Å²) in [6, 6.07) is 1.03. The van der Waals surface area contributed by atoms with Gasteiger partial charge in [-0.15, -0.1) is 0 Å². The second kappa shape index (κ2) is 7.30. The van der Waals surface area contributed by atoms with Crippen molar-refractivity contribution in [3.8, 4) is 0 Å². The molecule has 0 saturated heterocycles. The van der Waals surface area contributed by atoms with E-state index in [1.54, 1.807) is 11.6 Å². The van der Waals surface area contributed by atoms with Gasteiger partial charge in [-0.1, -0.05) is 19.6 Å². The zero-order valence-corrected chi connectivity index (χ0v) is 18.9. The first-order valence-electron chi connectivity index (χ1n) is 9.18. The Hall–Kier alpha value is -1.23. The number of imidazole rings is 1. The molecule has 8 nitrogen and oxygen atoms in total. The van der Waals surface area contributed by atoms with Crippen LogP contribution in [0, 0.1) is 0 Å². The monoisotopic (exact) mass is 458 g/mol. The zero-order valence-electron chi connectivity index (χ0n) is 16.3. The van der Waals surface area contributed by atoms with E-state index >= 15 is 0 Å². The summed E-state index contributed by atoms with van der Waals surface area (Å²) in [4.78, 5) is 29.9. The molecular weight excluding hydrogens is 432 g/mol. The van der Waals surface area contributed by atoms with Crippen LogP contribution in [0.5, 0.6) is 0 Å². The topological polar surface area (TPSA) is 91.3 Å². The van der Waals surface area contributed by atoms with Crippen LogP contribution in [0.15, 0.2) is 14.3 Å². The van der Waals surface area contributed by atoms with Crippen molar-refractivity contribution < 1.29 is 9.84 Å². The normalized spacial score (nSPS) is 16.2. The van der Waals surface area contributed by atoms with Gasteiger partial charge in [-0.2, -0.15) is 0 Å². The van der Waals surface area contributed by atoms with Crippen LogP contribution < -0.4 is 11.2 Å². The molecule has 0 aliphatic heterocycles. The maximum atomic E-state index is 13.0. The standard InChI is InChI=1S/C17H27BrN4O4Si/c1-20-13-12(14(23)21(16(20)24)8-7-17(25)5-6-17)22(15(18)19-13)11-26-9-10-27(2,3)4/h25H,5-11H2,1-4H3. The first-order valence-corrected chi connectivity index (χ1v) is 13.7. The van der Waals surface area contributed by atoms with Crippen LogP contribution in [-0.2, 0) is 25.1 Å². The minimum atomic E-state index is -1.20. The molecule has 2 aromatic rings. The van der Waals surface area contributed by atoms with Crippen molar-refractivity contribution in [1.82, 2.24) is 18.7 Å². The maximum absolute atomic E-state index is 13.0. The maximum Gasteiger partial charge on any atom is 0.332 e. The molecule has 0 radical (unpaired) electrons. The van der Waals surface area contributed by atoms with Crippen LogP contribution in [0.1, 0.15) is 19.3 Å². The van der Waals surface area contributed by atoms with Crippen molar-refractivity contribution in [3.63, 3.8) is 0 Å². The average molecular weight is 459 g/mol. The fourth-order valence-electron chi connectivity index (χ4n) is 2.91. The van der Waals surface area contributed by atoms with Crippen LogP contribution in [0.4, 0.5) is 0 Å². The molecule has 0 aromatic carbocycles. The second-order valence-electron chi connectivity index (χ2n) is 8.60. The molecule has 1 aliphatic carbocycles. The van der Waals surface area contributed by atoms with Crippen LogP contribution in [-0.4, -0.2) is 44.1 Å². The third-order valence-corrected chi connectivity index (χ3v) is 7.34. The number of fused-ring (bicyclic) bond motifs is 1. The molecule has 10 heteroatoms. The number of aryl methyl sites for hydroxylation is 1. The van der Waals surface area contributed by atoms with E-state index in [4.69, 9.17) is 4.74 Å². The number of rotatable bonds is 8. The van der Waals surface area contributed by atoms with Gasteiger partial charge in [-0.05, 0) is 41.2 Å². The lowest BCUT2D eigenvalue weighted by Crippen LogP contribution is -2.40. The minimum Gasteiger partial charge on any atom is -0.390 e. The van der Waals surface area contributed by atoms with E-state index in [2.05, 4.69) is 40.6 Å². The van der Waals surface area contributed by atoms with Gasteiger partial charge in [0.05, 0.1) is 5.60 Å². The molecule has 0 bridgehead atoms. The number of nitrogens with zero attached hydrogens (tertiary/aromatic N) is 4. The van der Waals surface area contributed by atoms with Crippen molar-refractivity contribution in [2.75, 3.05) is 6.61 Å². The Morgan fingerprint density at radius 2 is 1.93 bits per heavy atom. The fourth-order valence-corrected chi connectivity index (χ4v) is 4.11. The lowest BCUT2D eigenvalue weighted by atomic mass is 10.2. The summed E-state index contributed by atoms with van der Waals surface area (Å²) in [5.41, 5.74) is -0.884. The molecule has 1 saturated carbocycles. The average Bonchev–Trinajstić information content (AvgIpc) is 3.21. The van der Waals surface area contributed by atoms with Crippen molar-refractivity contribution in [2.45, 2.75) is 63.8 Å². The molecule has 150 valence electrons. The van der Waals surface area contributed by atoms with Crippen LogP contribution in [0.25, 0.3) is 11.2 Å². The third kappa shape index (κ3) is 4.44. The molecule has 2 heterocycles. The Balaban J connectivity index is 1.92. The van der Waals surface area contributed by atoms with Crippen molar-refractivity contribution >= 4 is 35.2 Å². The largest absolute Gasteiger partial charge is 0.390 e. The predicted octanol–water partition coefficient (Wildman–Crippen LogP) is 1.89. The van der Waals surface area contributed by atoms with Gasteiger partial charge in [-0.25, -0.2) is 9.78 Å². The van der Waals surface area contributed by atoms with Gasteiger partial charge in [0.1, 0.15) is 6.73 Å². The van der Waals surface area contributed by atoms with Gasteiger partial charge in [0, 0.05) is 28.3 Å². The molecule has 1 N–H and O–H groups in total. The van der Waals surface area contributed by atoms with E-state index in [0.29, 0.717) is 28.9 Å². The summed E-state index contributed by atoms with van der Waals surface area (Å²) in [5.74, 6) is 0. The summed E-state index contributed by atoms with van der Waals surface area (Å²) in [5, 5.41) is 10.1. The summed E-state index contributed by atoms with van der Waals surface area (Å²) in [7, 11) is 0.397. The Morgan fingerprint density at radius 1 is 1.26 bits per heavy atom. The molecular formula is C17H27BrN4O4Si. The Kier molecular flexibility index (Phi) is 5.55. The van der Waals surface area contributed by atoms with Crippen LogP contribution >= 0.6 is 15.9 Å². The van der Waals surface area contributed by atoms with Gasteiger partial charge >= 0.3 is 5.69 Å². The second-order valence-corrected chi connectivity index (χ2v) is 14.9. The highest BCUT2D eigenvalue weighted by molar-refractivity contribution is 9.10. The summed E-state index contributed by atoms with van der Waals surface area (Å²) < 4.78 is 10.5. The number of hydrogen-bond acceptors (Lipinski definition) is 5. The van der Waals surface area contributed by atoms with Gasteiger partial charge in [-0.3, -0.25) is 18.5 Å². The SMILES string of the molecule is Cn1c(=O)n(CCC2(O)CC2)c(=O)c2c1nc(Br)n2COCC[Si](C)(C)C. The third-order valence-electron chi connectivity index (χ3n) is 5.03. The van der Waals surface area contributed by atoms with Gasteiger partial charge in [0.2, 0.25) is 0 Å². The quantitative estimate of drug-likeness (QED) is 0.370. The van der Waals surface area contributed by atoms with E-state index in [1.165, 1.54) is 9.13 Å². The van der Waals surface area contributed by atoms with Gasteiger partial charge in [0.15, 0.2) is 15.9 Å². The highest BCUT2D eigenvalue weighted by Crippen LogP contribution is 2.38. The number of ether oxygens (including phenoxy) is 1. The summed E-state index contributed by atoms with van der Waals surface area (Å²) >= 11 is 3.38. The van der Waals surface area contributed by atoms with Gasteiger partial charge in [0.25, 0.3) is 5.56 Å². The molecule has 27 heavy (non-hydrogen) atoms. The van der Waals surface area contributed by atoms with E-state index < -0.39 is 24.9 Å². The lowest BCUT2D eigenvalue weighted by Gasteiger charge is -2.16. The molecule has 2 aromatic heterocycles. The summed E-state index contributed by atoms with van der Waals surface area (Å²) in [6.07, 6.45) is 1.84. The number of aliphatic hydroxyl groups is 1. The lowest BCUT2D eigenvalue weighted by molar-refractivity contribution is 0.0881. The predicted molar refractivity (Wildman–Crippen MR) is 110 cm³/mol. The van der Waals surface area contributed by atoms with Crippen molar-refractivity contribution in [1.29, 1.82) is 0 Å². The van der Waals surface area contributed by atoms with E-state index in [1.807, 2.05) is 0 Å². The first-order chi connectivity index (χ1) is 12.5. The number of aromatic nitrogens is 4. The summed E-state index contributed by atoms with van der Waals surface area (Å²) in [6.45, 7) is 7.84. The first kappa shape index (κ1) is 20.5. The van der Waals surface area contributed by atoms with E-state index in [0.717, 1.165) is 18.9 Å². The molecule has 0 amide bonds. The van der Waals surface area contributed by atoms with Crippen molar-refractivity contribution in [3.05, 3.63) is 25.6 Å². The molecule has 1 fully saturated rings. The zero-order chi connectivity index (χ0) is 20.0. The van der Waals surface area contributed by atoms with E-state index in [9.17, 15) is 14.7 Å². The molecule has 1 aliphatic rings. The number of halogens is 1. The Labute approximate surface area is 166 Å². The molecule has 0 unspecified atom stereocenters. The minimum absolute atomic E-state index is 0.192. The highest BCUT2D eigenvalue weighted by atomic mass is 79.9. The highest BCUT2D eigenvalue weighted by Gasteiger charge is 2.40. The molecule has 3 rings (SSSR count). The number of hydrogen-bond donors (Lipinski definition) is 1. The van der Waals surface area contributed by atoms with Gasteiger partial charge < -0.3 is 9.84 Å². The fraction of sp³-hybridized carbons (Fsp3) is 0.706.